The Hall–Kier alpha value is -2.70. The average molecular weight is 435 g/mol. The van der Waals surface area contributed by atoms with Gasteiger partial charge in [0.1, 0.15) is 24.4 Å². The molecule has 0 aliphatic carbocycles. The number of aliphatic hydroxyl groups is 4. The van der Waals surface area contributed by atoms with Crippen molar-refractivity contribution in [1.82, 2.24) is 5.32 Å². The molecule has 1 aromatic rings. The van der Waals surface area contributed by atoms with Crippen LogP contribution in [0.2, 0.25) is 0 Å². The van der Waals surface area contributed by atoms with Gasteiger partial charge in [-0.15, -0.1) is 0 Å². The molecule has 2 aliphatic heterocycles. The molecular weight excluding hydrogens is 410 g/mol. The molecule has 2 saturated heterocycles. The summed E-state index contributed by atoms with van der Waals surface area (Å²) in [7, 11) is 0. The molecule has 11 nitrogen and oxygen atoms in total. The third-order valence-electron chi connectivity index (χ3n) is 5.29. The quantitative estimate of drug-likeness (QED) is 0.286. The van der Waals surface area contributed by atoms with Crippen LogP contribution >= 0.6 is 0 Å². The van der Waals surface area contributed by atoms with E-state index in [1.165, 1.54) is 0 Å². The summed E-state index contributed by atoms with van der Waals surface area (Å²) in [5, 5.41) is 41.3. The lowest BCUT2D eigenvalue weighted by Crippen LogP contribution is -2.59. The molecule has 11 heteroatoms. The first-order valence-electron chi connectivity index (χ1n) is 9.78. The summed E-state index contributed by atoms with van der Waals surface area (Å²) in [5.41, 5.74) is 1.27. The number of nitrogens with one attached hydrogen (secondary N) is 1. The number of imide groups is 2. The van der Waals surface area contributed by atoms with Gasteiger partial charge < -0.3 is 25.2 Å². The fourth-order valence-corrected chi connectivity index (χ4v) is 3.40. The minimum atomic E-state index is -1.69. The Labute approximate surface area is 178 Å². The summed E-state index contributed by atoms with van der Waals surface area (Å²) < 4.78 is 4.99. The van der Waals surface area contributed by atoms with E-state index < -0.39 is 61.0 Å². The average Bonchev–Trinajstić information content (AvgIpc) is 2.72. The van der Waals surface area contributed by atoms with Crippen molar-refractivity contribution in [2.45, 2.75) is 50.4 Å². The van der Waals surface area contributed by atoms with Crippen LogP contribution in [0.25, 0.3) is 0 Å². The molecule has 0 bridgehead atoms. The smallest absolute Gasteiger partial charge is 0.335 e. The van der Waals surface area contributed by atoms with E-state index >= 15 is 0 Å². The van der Waals surface area contributed by atoms with Gasteiger partial charge in [0.25, 0.3) is 5.91 Å². The molecule has 0 radical (unpaired) electrons. The van der Waals surface area contributed by atoms with Crippen molar-refractivity contribution < 1.29 is 39.5 Å². The second-order valence-corrected chi connectivity index (χ2v) is 7.71. The van der Waals surface area contributed by atoms with Crippen LogP contribution in [-0.2, 0) is 14.3 Å². The third kappa shape index (κ3) is 4.50. The Balaban J connectivity index is 1.81. The maximum atomic E-state index is 12.9. The van der Waals surface area contributed by atoms with Gasteiger partial charge in [-0.05, 0) is 23.6 Å². The fraction of sp³-hybridized carbons (Fsp3) is 0.500. The molecule has 3 rings (SSSR count). The van der Waals surface area contributed by atoms with E-state index in [-0.39, 0.29) is 11.6 Å². The summed E-state index contributed by atoms with van der Waals surface area (Å²) >= 11 is 0. The number of benzene rings is 1. The fourth-order valence-electron chi connectivity index (χ4n) is 3.40. The van der Waals surface area contributed by atoms with Crippen molar-refractivity contribution in [3.05, 3.63) is 29.8 Å². The van der Waals surface area contributed by atoms with E-state index in [2.05, 4.69) is 10.3 Å². The molecule has 0 unspecified atom stereocenters. The number of aliphatic imine (C=N–C) groups is 1. The predicted octanol–water partition coefficient (Wildman–Crippen LogP) is -1.12. The van der Waals surface area contributed by atoms with Crippen LogP contribution in [0, 0.1) is 5.92 Å². The summed E-state index contributed by atoms with van der Waals surface area (Å²) in [6.45, 7) is 3.36. The number of carbonyl (C=O) groups is 3. The van der Waals surface area contributed by atoms with Gasteiger partial charge in [0.15, 0.2) is 12.2 Å². The summed E-state index contributed by atoms with van der Waals surface area (Å²) in [6, 6.07) is 4.40. The van der Waals surface area contributed by atoms with Crippen molar-refractivity contribution in [1.29, 1.82) is 0 Å². The first kappa shape index (κ1) is 23.0. The molecule has 2 heterocycles. The van der Waals surface area contributed by atoms with Crippen molar-refractivity contribution in [3.8, 4) is 0 Å². The Morgan fingerprint density at radius 3 is 2.35 bits per heavy atom. The molecule has 0 aromatic heterocycles. The van der Waals surface area contributed by atoms with Crippen LogP contribution < -0.4 is 10.2 Å². The van der Waals surface area contributed by atoms with Gasteiger partial charge in [-0.1, -0.05) is 26.0 Å². The van der Waals surface area contributed by atoms with E-state index in [4.69, 9.17) is 9.84 Å². The van der Waals surface area contributed by atoms with Crippen molar-refractivity contribution in [2.75, 3.05) is 11.5 Å². The van der Waals surface area contributed by atoms with Crippen LogP contribution in [0.1, 0.15) is 25.3 Å². The summed E-state index contributed by atoms with van der Waals surface area (Å²) in [6.07, 6.45) is -5.15. The maximum Gasteiger partial charge on any atom is 0.335 e. The number of nitrogens with zero attached hydrogens (tertiary/aromatic N) is 2. The van der Waals surface area contributed by atoms with Crippen molar-refractivity contribution >= 4 is 29.7 Å². The highest BCUT2D eigenvalue weighted by atomic mass is 16.6. The molecule has 6 atom stereocenters. The minimum absolute atomic E-state index is 0.248. The number of rotatable bonds is 5. The number of anilines is 1. The second kappa shape index (κ2) is 9.20. The van der Waals surface area contributed by atoms with Crippen LogP contribution in [0.4, 0.5) is 10.5 Å². The van der Waals surface area contributed by atoms with Gasteiger partial charge in [-0.25, -0.2) is 9.69 Å². The van der Waals surface area contributed by atoms with Gasteiger partial charge in [-0.2, -0.15) is 0 Å². The lowest BCUT2D eigenvalue weighted by molar-refractivity contribution is -0.248. The van der Waals surface area contributed by atoms with Gasteiger partial charge in [0.05, 0.1) is 12.3 Å². The Kier molecular flexibility index (Phi) is 6.82. The van der Waals surface area contributed by atoms with E-state index in [1.54, 1.807) is 24.3 Å². The highest BCUT2D eigenvalue weighted by Crippen LogP contribution is 2.25. The molecule has 2 aliphatic rings. The zero-order chi connectivity index (χ0) is 22.9. The van der Waals surface area contributed by atoms with E-state index in [9.17, 15) is 29.7 Å². The molecule has 2 fully saturated rings. The normalized spacial score (nSPS) is 32.1. The number of amides is 4. The maximum absolute atomic E-state index is 12.9. The van der Waals surface area contributed by atoms with Crippen LogP contribution in [-0.4, -0.2) is 81.7 Å². The number of hydrogen-bond acceptors (Lipinski definition) is 9. The second-order valence-electron chi connectivity index (χ2n) is 7.71. The highest BCUT2D eigenvalue weighted by molar-refractivity contribution is 6.32. The van der Waals surface area contributed by atoms with Crippen LogP contribution in [0.15, 0.2) is 29.3 Å². The largest absolute Gasteiger partial charge is 0.394 e. The van der Waals surface area contributed by atoms with Crippen molar-refractivity contribution in [3.63, 3.8) is 0 Å². The molecule has 5 N–H and O–H groups in total. The number of urea groups is 1. The van der Waals surface area contributed by atoms with Crippen molar-refractivity contribution in [2.24, 2.45) is 10.9 Å². The van der Waals surface area contributed by atoms with Crippen LogP contribution in [0.5, 0.6) is 0 Å². The lowest BCUT2D eigenvalue weighted by atomic mass is 9.97. The Morgan fingerprint density at radius 2 is 1.77 bits per heavy atom. The van der Waals surface area contributed by atoms with E-state index in [0.29, 0.717) is 0 Å². The molecule has 168 valence electrons. The summed E-state index contributed by atoms with van der Waals surface area (Å²) in [4.78, 5) is 42.1. The third-order valence-corrected chi connectivity index (χ3v) is 5.29. The Bertz CT molecular complexity index is 872. The standard InChI is InChI=1S/C20H25N3O8/c1-9(2)10-3-5-11(6-4-10)23-18(28)12(17(27)22-20(23)30)7-21-14-16(26)15(25)13(8-24)31-19(14)29/h3-7,9,12-16,19,24-26,29H,8H2,1-2H3,(H,22,27,30)/t12-,13+,14-,15-,16-,19-/m0/s1. The number of ether oxygens (including phenoxy) is 1. The lowest BCUT2D eigenvalue weighted by Gasteiger charge is -2.38. The van der Waals surface area contributed by atoms with Gasteiger partial charge in [0, 0.05) is 6.21 Å². The first-order valence-corrected chi connectivity index (χ1v) is 9.78. The number of carbonyl (C=O) groups excluding carboxylic acids is 3. The molecule has 4 amide bonds. The molecular formula is C20H25N3O8. The first-order chi connectivity index (χ1) is 14.6. The number of hydrogen-bond donors (Lipinski definition) is 5. The zero-order valence-corrected chi connectivity index (χ0v) is 17.0. The molecule has 0 saturated carbocycles. The highest BCUT2D eigenvalue weighted by Gasteiger charge is 2.45. The molecule has 31 heavy (non-hydrogen) atoms. The topological polar surface area (TPSA) is 169 Å². The monoisotopic (exact) mass is 435 g/mol. The van der Waals surface area contributed by atoms with Gasteiger partial charge >= 0.3 is 6.03 Å². The van der Waals surface area contributed by atoms with E-state index in [1.807, 2.05) is 13.8 Å². The number of barbiturate groups is 1. The summed E-state index contributed by atoms with van der Waals surface area (Å²) in [5.74, 6) is -3.03. The minimum Gasteiger partial charge on any atom is -0.394 e. The van der Waals surface area contributed by atoms with E-state index in [0.717, 1.165) is 16.7 Å². The zero-order valence-electron chi connectivity index (χ0n) is 17.0. The Morgan fingerprint density at radius 1 is 1.13 bits per heavy atom. The van der Waals surface area contributed by atoms with Crippen LogP contribution in [0.3, 0.4) is 0 Å². The van der Waals surface area contributed by atoms with Gasteiger partial charge in [-0.3, -0.25) is 19.9 Å². The number of aliphatic hydroxyl groups excluding tert-OH is 4. The SMILES string of the molecule is CC(C)c1ccc(N2C(=O)NC(=O)[C@H](C=N[C@H]3[C@H](O)[C@@H](O)[C@@H](CO)O[C@@H]3O)C2=O)cc1. The molecule has 0 spiro atoms. The predicted molar refractivity (Wildman–Crippen MR) is 107 cm³/mol. The molecule has 1 aromatic carbocycles. The van der Waals surface area contributed by atoms with Gasteiger partial charge in [0.2, 0.25) is 5.91 Å².